The van der Waals surface area contributed by atoms with E-state index in [-0.39, 0.29) is 11.5 Å². The molecule has 9 rings (SSSR count). The topological polar surface area (TPSA) is 65.7 Å². The first-order chi connectivity index (χ1) is 22.2. The summed E-state index contributed by atoms with van der Waals surface area (Å²) in [5.41, 5.74) is 11.2. The lowest BCUT2D eigenvalue weighted by atomic mass is 9.70. The number of pyridine rings is 1. The van der Waals surface area contributed by atoms with E-state index in [1.165, 1.54) is 27.8 Å². The normalized spacial score (nSPS) is 13.6. The molecular formula is C41H26N2O2. The molecule has 0 fully saturated rings. The van der Waals surface area contributed by atoms with Crippen molar-refractivity contribution in [2.24, 2.45) is 4.99 Å². The van der Waals surface area contributed by atoms with E-state index in [9.17, 15) is 10.2 Å². The maximum absolute atomic E-state index is 12.1. The molecule has 1 aromatic heterocycles. The number of aromatic nitrogens is 1. The van der Waals surface area contributed by atoms with Crippen molar-refractivity contribution in [2.75, 3.05) is 0 Å². The van der Waals surface area contributed by atoms with Crippen LogP contribution in [0.3, 0.4) is 0 Å². The molecule has 0 unspecified atom stereocenters. The Labute approximate surface area is 260 Å². The van der Waals surface area contributed by atoms with Gasteiger partial charge in [0, 0.05) is 16.5 Å². The number of nitrogens with zero attached hydrogens (tertiary/aromatic N) is 2. The first-order valence-corrected chi connectivity index (χ1v) is 15.0. The van der Waals surface area contributed by atoms with Crippen LogP contribution in [-0.2, 0) is 5.41 Å². The molecule has 0 radical (unpaired) electrons. The van der Waals surface area contributed by atoms with E-state index < -0.39 is 5.41 Å². The fourth-order valence-corrected chi connectivity index (χ4v) is 7.59. The molecule has 1 spiro atoms. The monoisotopic (exact) mass is 578 g/mol. The molecule has 7 aromatic rings. The third-order valence-corrected chi connectivity index (χ3v) is 9.38. The number of aromatic hydroxyl groups is 2. The summed E-state index contributed by atoms with van der Waals surface area (Å²) >= 11 is 0. The molecule has 0 saturated heterocycles. The minimum Gasteiger partial charge on any atom is -0.507 e. The smallest absolute Gasteiger partial charge is 0.133 e. The molecular weight excluding hydrogens is 552 g/mol. The summed E-state index contributed by atoms with van der Waals surface area (Å²) in [6.45, 7) is 0. The summed E-state index contributed by atoms with van der Waals surface area (Å²) in [4.78, 5) is 9.58. The Kier molecular flexibility index (Phi) is 5.38. The van der Waals surface area contributed by atoms with Crippen LogP contribution < -0.4 is 0 Å². The molecule has 212 valence electrons. The molecule has 0 aliphatic heterocycles. The van der Waals surface area contributed by atoms with Crippen molar-refractivity contribution in [1.29, 1.82) is 0 Å². The van der Waals surface area contributed by atoms with Crippen molar-refractivity contribution >= 4 is 22.7 Å². The summed E-state index contributed by atoms with van der Waals surface area (Å²) in [6, 6.07) is 46.8. The van der Waals surface area contributed by atoms with Gasteiger partial charge < -0.3 is 10.2 Å². The zero-order valence-electron chi connectivity index (χ0n) is 24.1. The van der Waals surface area contributed by atoms with Gasteiger partial charge in [-0.3, -0.25) is 4.99 Å². The first-order valence-electron chi connectivity index (χ1n) is 15.0. The molecule has 4 heteroatoms. The molecule has 1 heterocycles. The van der Waals surface area contributed by atoms with Crippen molar-refractivity contribution in [1.82, 2.24) is 4.98 Å². The van der Waals surface area contributed by atoms with Gasteiger partial charge in [-0.15, -0.1) is 0 Å². The highest BCUT2D eigenvalue weighted by atomic mass is 16.3. The van der Waals surface area contributed by atoms with Crippen LogP contribution in [-0.4, -0.2) is 21.4 Å². The van der Waals surface area contributed by atoms with Gasteiger partial charge in [0.15, 0.2) is 0 Å². The molecule has 2 aliphatic rings. The Balaban J connectivity index is 1.20. The van der Waals surface area contributed by atoms with Crippen molar-refractivity contribution in [2.45, 2.75) is 5.41 Å². The largest absolute Gasteiger partial charge is 0.507 e. The highest BCUT2D eigenvalue weighted by molar-refractivity contribution is 6.00. The van der Waals surface area contributed by atoms with E-state index in [4.69, 9.17) is 9.98 Å². The van der Waals surface area contributed by atoms with E-state index in [1.54, 1.807) is 12.3 Å². The molecule has 0 saturated carbocycles. The molecule has 0 bridgehead atoms. The van der Waals surface area contributed by atoms with Gasteiger partial charge in [0.1, 0.15) is 11.5 Å². The molecule has 2 N–H and O–H groups in total. The summed E-state index contributed by atoms with van der Waals surface area (Å²) in [6.07, 6.45) is 1.70. The SMILES string of the molecule is Oc1c(-c2cccc(C=Nc3cccc4cccc(O)c34)n2)ccc2c1-c1ccccc1C21c2ccccc2-c2ccccc21. The molecule has 0 atom stereocenters. The molecule has 45 heavy (non-hydrogen) atoms. The number of fused-ring (bicyclic) bond motifs is 11. The van der Waals surface area contributed by atoms with Crippen molar-refractivity contribution in [3.63, 3.8) is 0 Å². The number of benzene rings is 6. The van der Waals surface area contributed by atoms with Gasteiger partial charge in [-0.2, -0.15) is 0 Å². The van der Waals surface area contributed by atoms with Gasteiger partial charge in [0.2, 0.25) is 0 Å². The van der Waals surface area contributed by atoms with E-state index in [0.29, 0.717) is 28.0 Å². The second-order valence-electron chi connectivity index (χ2n) is 11.6. The van der Waals surface area contributed by atoms with Crippen LogP contribution in [0.2, 0.25) is 0 Å². The molecule has 4 nitrogen and oxygen atoms in total. The average molecular weight is 579 g/mol. The number of hydrogen-bond acceptors (Lipinski definition) is 4. The molecule has 2 aliphatic carbocycles. The Bertz CT molecular complexity index is 2320. The van der Waals surface area contributed by atoms with Crippen LogP contribution in [0.25, 0.3) is 44.3 Å². The van der Waals surface area contributed by atoms with Gasteiger partial charge in [-0.05, 0) is 74.7 Å². The Morgan fingerprint density at radius 2 is 1.16 bits per heavy atom. The van der Waals surface area contributed by atoms with Gasteiger partial charge in [-0.1, -0.05) is 109 Å². The summed E-state index contributed by atoms with van der Waals surface area (Å²) < 4.78 is 0. The van der Waals surface area contributed by atoms with E-state index >= 15 is 0 Å². The lowest BCUT2D eigenvalue weighted by molar-refractivity contribution is 0.478. The minimum absolute atomic E-state index is 0.190. The first kappa shape index (κ1) is 25.5. The van der Waals surface area contributed by atoms with Crippen molar-refractivity contribution in [3.05, 3.63) is 167 Å². The Morgan fingerprint density at radius 1 is 0.533 bits per heavy atom. The number of phenols is 2. The van der Waals surface area contributed by atoms with Gasteiger partial charge in [0.25, 0.3) is 0 Å². The standard InChI is InChI=1S/C41H26N2O2/c44-37-21-8-11-25-10-7-20-36(38(25)37)42-24-26-12-9-19-35(43-26)30-22-23-34-39(40(30)45)29-15-3-6-18-33(29)41(34)31-16-4-1-13-27(31)28-14-2-5-17-32(28)41/h1-24,44-45H. The maximum Gasteiger partial charge on any atom is 0.133 e. The third kappa shape index (κ3) is 3.48. The third-order valence-electron chi connectivity index (χ3n) is 9.38. The second-order valence-corrected chi connectivity index (χ2v) is 11.6. The number of rotatable bonds is 3. The minimum atomic E-state index is -0.513. The van der Waals surface area contributed by atoms with Gasteiger partial charge in [-0.25, -0.2) is 4.98 Å². The van der Waals surface area contributed by atoms with Crippen LogP contribution in [0.15, 0.2) is 145 Å². The average Bonchev–Trinajstić information content (AvgIpc) is 3.56. The lowest BCUT2D eigenvalue weighted by Crippen LogP contribution is -2.25. The van der Waals surface area contributed by atoms with Crippen LogP contribution in [0.1, 0.15) is 27.9 Å². The molecule has 0 amide bonds. The van der Waals surface area contributed by atoms with E-state index in [0.717, 1.165) is 22.1 Å². The van der Waals surface area contributed by atoms with E-state index in [2.05, 4.69) is 72.8 Å². The zero-order valence-corrected chi connectivity index (χ0v) is 24.1. The zero-order chi connectivity index (χ0) is 30.1. The number of phenolic OH excluding ortho intramolecular Hbond substituents is 2. The lowest BCUT2D eigenvalue weighted by Gasteiger charge is -2.30. The van der Waals surface area contributed by atoms with Crippen LogP contribution in [0.4, 0.5) is 5.69 Å². The molecule has 6 aromatic carbocycles. The number of hydrogen-bond donors (Lipinski definition) is 2. The fourth-order valence-electron chi connectivity index (χ4n) is 7.59. The highest BCUT2D eigenvalue weighted by Crippen LogP contribution is 2.64. The summed E-state index contributed by atoms with van der Waals surface area (Å²) in [7, 11) is 0. The van der Waals surface area contributed by atoms with Gasteiger partial charge in [0.05, 0.1) is 28.7 Å². The van der Waals surface area contributed by atoms with Crippen LogP contribution in [0.5, 0.6) is 11.5 Å². The van der Waals surface area contributed by atoms with Crippen LogP contribution in [0, 0.1) is 0 Å². The Hall–Kier alpha value is -6.00. The summed E-state index contributed by atoms with van der Waals surface area (Å²) in [5.74, 6) is 0.412. The Morgan fingerprint density at radius 3 is 1.89 bits per heavy atom. The highest BCUT2D eigenvalue weighted by Gasteiger charge is 2.52. The quantitative estimate of drug-likeness (QED) is 0.205. The summed E-state index contributed by atoms with van der Waals surface area (Å²) in [5, 5.41) is 24.2. The van der Waals surface area contributed by atoms with E-state index in [1.807, 2.05) is 60.7 Å². The predicted octanol–water partition coefficient (Wildman–Crippen LogP) is 9.41. The van der Waals surface area contributed by atoms with Gasteiger partial charge >= 0.3 is 0 Å². The van der Waals surface area contributed by atoms with Crippen molar-refractivity contribution in [3.8, 4) is 45.0 Å². The van der Waals surface area contributed by atoms with Crippen molar-refractivity contribution < 1.29 is 10.2 Å². The van der Waals surface area contributed by atoms with Crippen LogP contribution >= 0.6 is 0 Å². The maximum atomic E-state index is 12.1. The second kappa shape index (κ2) is 9.50. The fraction of sp³-hybridized carbons (Fsp3) is 0.0244. The number of aliphatic imine (C=N–C) groups is 1. The predicted molar refractivity (Wildman–Crippen MR) is 181 cm³/mol.